The number of sulfonamides is 1. The summed E-state index contributed by atoms with van der Waals surface area (Å²) in [5, 5.41) is 0.0567. The highest BCUT2D eigenvalue weighted by Gasteiger charge is 2.33. The summed E-state index contributed by atoms with van der Waals surface area (Å²) in [5.41, 5.74) is 0.915. The number of aryl methyl sites for hydroxylation is 2. The minimum absolute atomic E-state index is 0.0567. The van der Waals surface area contributed by atoms with E-state index >= 15 is 0 Å². The molecular formula is C12H17N5O3S. The summed E-state index contributed by atoms with van der Waals surface area (Å²) < 4.78 is 33.7. The van der Waals surface area contributed by atoms with Gasteiger partial charge in [-0.25, -0.2) is 18.4 Å². The van der Waals surface area contributed by atoms with Crippen molar-refractivity contribution in [2.24, 2.45) is 7.05 Å². The SMILES string of the molecule is Cc1cnc([C@H]2CN(S(=O)(=O)c3cn(C)cn3)CCO2)[nH]1. The molecule has 114 valence electrons. The summed E-state index contributed by atoms with van der Waals surface area (Å²) in [7, 11) is -1.86. The third-order valence-corrected chi connectivity index (χ3v) is 5.09. The van der Waals surface area contributed by atoms with Crippen LogP contribution in [-0.2, 0) is 21.8 Å². The number of H-pyrrole nitrogens is 1. The van der Waals surface area contributed by atoms with Crippen LogP contribution in [0.4, 0.5) is 0 Å². The maximum absolute atomic E-state index is 12.5. The highest BCUT2D eigenvalue weighted by atomic mass is 32.2. The third-order valence-electron chi connectivity index (χ3n) is 3.34. The van der Waals surface area contributed by atoms with Crippen LogP contribution in [0.25, 0.3) is 0 Å². The molecule has 1 saturated heterocycles. The number of aromatic amines is 1. The van der Waals surface area contributed by atoms with E-state index in [1.807, 2.05) is 6.92 Å². The number of ether oxygens (including phenoxy) is 1. The predicted octanol–water partition coefficient (Wildman–Crippen LogP) is 0.214. The molecule has 21 heavy (non-hydrogen) atoms. The fourth-order valence-electron chi connectivity index (χ4n) is 2.26. The summed E-state index contributed by atoms with van der Waals surface area (Å²) in [5.74, 6) is 0.647. The molecule has 2 aromatic rings. The maximum Gasteiger partial charge on any atom is 0.262 e. The monoisotopic (exact) mass is 311 g/mol. The van der Waals surface area contributed by atoms with Crippen LogP contribution < -0.4 is 0 Å². The fourth-order valence-corrected chi connectivity index (χ4v) is 3.65. The van der Waals surface area contributed by atoms with Crippen molar-refractivity contribution in [1.82, 2.24) is 23.8 Å². The molecule has 0 amide bonds. The molecule has 1 aliphatic heterocycles. The first-order valence-electron chi connectivity index (χ1n) is 6.58. The van der Waals surface area contributed by atoms with Crippen molar-refractivity contribution in [3.8, 4) is 0 Å². The second kappa shape index (κ2) is 5.24. The summed E-state index contributed by atoms with van der Waals surface area (Å²) in [4.78, 5) is 11.2. The zero-order chi connectivity index (χ0) is 15.0. The number of rotatable bonds is 3. The first-order valence-corrected chi connectivity index (χ1v) is 8.02. The van der Waals surface area contributed by atoms with Crippen molar-refractivity contribution < 1.29 is 13.2 Å². The molecule has 2 aromatic heterocycles. The first-order chi connectivity index (χ1) is 9.96. The lowest BCUT2D eigenvalue weighted by Crippen LogP contribution is -2.42. The van der Waals surface area contributed by atoms with Crippen LogP contribution in [0.1, 0.15) is 17.6 Å². The highest BCUT2D eigenvalue weighted by Crippen LogP contribution is 2.24. The topological polar surface area (TPSA) is 93.1 Å². The van der Waals surface area contributed by atoms with E-state index in [1.165, 1.54) is 16.8 Å². The Morgan fingerprint density at radius 3 is 2.86 bits per heavy atom. The fraction of sp³-hybridized carbons (Fsp3) is 0.500. The molecule has 3 heterocycles. The Kier molecular flexibility index (Phi) is 3.56. The Balaban J connectivity index is 1.83. The van der Waals surface area contributed by atoms with Crippen LogP contribution in [0.3, 0.4) is 0 Å². The van der Waals surface area contributed by atoms with Gasteiger partial charge in [0, 0.05) is 38.2 Å². The van der Waals surface area contributed by atoms with Crippen molar-refractivity contribution in [3.05, 3.63) is 30.2 Å². The number of imidazole rings is 2. The van der Waals surface area contributed by atoms with Crippen LogP contribution >= 0.6 is 0 Å². The summed E-state index contributed by atoms with van der Waals surface area (Å²) in [6, 6.07) is 0. The molecule has 0 aromatic carbocycles. The van der Waals surface area contributed by atoms with Crippen molar-refractivity contribution in [2.45, 2.75) is 18.1 Å². The number of morpholine rings is 1. The third kappa shape index (κ3) is 2.71. The van der Waals surface area contributed by atoms with Crippen LogP contribution in [0, 0.1) is 6.92 Å². The molecule has 9 heteroatoms. The molecular weight excluding hydrogens is 294 g/mol. The van der Waals surface area contributed by atoms with Gasteiger partial charge in [0.15, 0.2) is 5.03 Å². The smallest absolute Gasteiger partial charge is 0.262 e. The molecule has 0 aliphatic carbocycles. The quantitative estimate of drug-likeness (QED) is 0.875. The van der Waals surface area contributed by atoms with E-state index in [0.717, 1.165) is 5.69 Å². The molecule has 0 radical (unpaired) electrons. The molecule has 8 nitrogen and oxygen atoms in total. The Labute approximate surface area is 122 Å². The lowest BCUT2D eigenvalue weighted by Gasteiger charge is -2.30. The van der Waals surface area contributed by atoms with E-state index in [0.29, 0.717) is 19.0 Å². The molecule has 1 N–H and O–H groups in total. The molecule has 0 unspecified atom stereocenters. The number of aromatic nitrogens is 4. The number of nitrogens with zero attached hydrogens (tertiary/aromatic N) is 4. The van der Waals surface area contributed by atoms with Gasteiger partial charge >= 0.3 is 0 Å². The van der Waals surface area contributed by atoms with Crippen molar-refractivity contribution in [3.63, 3.8) is 0 Å². The Morgan fingerprint density at radius 1 is 1.43 bits per heavy atom. The van der Waals surface area contributed by atoms with Gasteiger partial charge in [-0.1, -0.05) is 0 Å². The highest BCUT2D eigenvalue weighted by molar-refractivity contribution is 7.89. The van der Waals surface area contributed by atoms with Crippen LogP contribution in [0.5, 0.6) is 0 Å². The second-order valence-corrected chi connectivity index (χ2v) is 6.94. The molecule has 0 spiro atoms. The van der Waals surface area contributed by atoms with E-state index < -0.39 is 10.0 Å². The van der Waals surface area contributed by atoms with Crippen LogP contribution in [0.2, 0.25) is 0 Å². The summed E-state index contributed by atoms with van der Waals surface area (Å²) >= 11 is 0. The zero-order valence-electron chi connectivity index (χ0n) is 11.9. The Morgan fingerprint density at radius 2 is 2.24 bits per heavy atom. The lowest BCUT2D eigenvalue weighted by molar-refractivity contribution is -0.00717. The van der Waals surface area contributed by atoms with Crippen molar-refractivity contribution >= 4 is 10.0 Å². The molecule has 3 rings (SSSR count). The van der Waals surface area contributed by atoms with Gasteiger partial charge in [0.2, 0.25) is 0 Å². The van der Waals surface area contributed by atoms with Gasteiger partial charge in [-0.05, 0) is 6.92 Å². The number of hydrogen-bond donors (Lipinski definition) is 1. The standard InChI is InChI=1S/C12H17N5O3S/c1-9-5-13-12(15-9)10-6-17(3-4-20-10)21(18,19)11-7-16(2)8-14-11/h5,7-8,10H,3-4,6H2,1-2H3,(H,13,15)/t10-/m1/s1. The van der Waals surface area contributed by atoms with Crippen LogP contribution in [0.15, 0.2) is 23.7 Å². The first kappa shape index (κ1) is 14.2. The lowest BCUT2D eigenvalue weighted by atomic mass is 10.3. The number of hydrogen-bond acceptors (Lipinski definition) is 5. The Hall–Kier alpha value is -1.71. The van der Waals surface area contributed by atoms with E-state index in [2.05, 4.69) is 15.0 Å². The average molecular weight is 311 g/mol. The Bertz CT molecular complexity index is 736. The molecule has 1 atom stereocenters. The van der Waals surface area contributed by atoms with Crippen molar-refractivity contribution in [1.29, 1.82) is 0 Å². The minimum Gasteiger partial charge on any atom is -0.368 e. The molecule has 1 fully saturated rings. The normalized spacial score (nSPS) is 20.8. The van der Waals surface area contributed by atoms with Gasteiger partial charge in [0.25, 0.3) is 10.0 Å². The van der Waals surface area contributed by atoms with Gasteiger partial charge < -0.3 is 14.3 Å². The number of nitrogens with one attached hydrogen (secondary N) is 1. The van der Waals surface area contributed by atoms with E-state index in [1.54, 1.807) is 17.8 Å². The molecule has 0 saturated carbocycles. The summed E-state index contributed by atoms with van der Waals surface area (Å²) in [6.45, 7) is 2.76. The van der Waals surface area contributed by atoms with E-state index in [9.17, 15) is 8.42 Å². The summed E-state index contributed by atoms with van der Waals surface area (Å²) in [6.07, 6.45) is 4.29. The van der Waals surface area contributed by atoms with Gasteiger partial charge in [0.1, 0.15) is 11.9 Å². The average Bonchev–Trinajstić information content (AvgIpc) is 3.08. The van der Waals surface area contributed by atoms with Crippen molar-refractivity contribution in [2.75, 3.05) is 19.7 Å². The van der Waals surface area contributed by atoms with Gasteiger partial charge in [0.05, 0.1) is 12.9 Å². The van der Waals surface area contributed by atoms with Gasteiger partial charge in [-0.2, -0.15) is 4.31 Å². The molecule has 1 aliphatic rings. The van der Waals surface area contributed by atoms with Gasteiger partial charge in [-0.15, -0.1) is 0 Å². The second-order valence-electron chi connectivity index (χ2n) is 5.05. The predicted molar refractivity (Wildman–Crippen MR) is 74.0 cm³/mol. The minimum atomic E-state index is -3.60. The van der Waals surface area contributed by atoms with Gasteiger partial charge in [-0.3, -0.25) is 0 Å². The largest absolute Gasteiger partial charge is 0.368 e. The van der Waals surface area contributed by atoms with E-state index in [4.69, 9.17) is 4.74 Å². The molecule has 0 bridgehead atoms. The maximum atomic E-state index is 12.5. The van der Waals surface area contributed by atoms with Crippen LogP contribution in [-0.4, -0.2) is 51.9 Å². The zero-order valence-corrected chi connectivity index (χ0v) is 12.7. The van der Waals surface area contributed by atoms with E-state index in [-0.39, 0.29) is 17.7 Å².